The van der Waals surface area contributed by atoms with Gasteiger partial charge in [0.1, 0.15) is 0 Å². The lowest BCUT2D eigenvalue weighted by atomic mass is 9.21. The van der Waals surface area contributed by atoms with E-state index in [1.165, 1.54) is 6.04 Å². The molecular formula is C10H27B3OSi. The van der Waals surface area contributed by atoms with E-state index in [0.717, 1.165) is 13.2 Å². The Hall–Kier alpha value is 0.372. The van der Waals surface area contributed by atoms with Crippen LogP contribution in [0, 0.1) is 0 Å². The molecule has 0 aromatic carbocycles. The molecule has 0 N–H and O–H groups in total. The summed E-state index contributed by atoms with van der Waals surface area (Å²) < 4.78 is 5.24. The topological polar surface area (TPSA) is 9.23 Å². The minimum Gasteiger partial charge on any atom is -0.382 e. The Kier molecular flexibility index (Phi) is 19.9. The van der Waals surface area contributed by atoms with Crippen LogP contribution in [0.4, 0.5) is 0 Å². The molecule has 0 aliphatic rings. The normalized spacial score (nSPS) is 9.27. The van der Waals surface area contributed by atoms with Crippen molar-refractivity contribution in [2.75, 3.05) is 13.2 Å². The SMILES string of the molecule is CC.CCOCC[Si](C)(C)C.[B]B([B])C. The van der Waals surface area contributed by atoms with Gasteiger partial charge in [-0.1, -0.05) is 33.5 Å². The van der Waals surface area contributed by atoms with Gasteiger partial charge in [-0.3, -0.25) is 0 Å². The number of hydrogen-bond donors (Lipinski definition) is 0. The van der Waals surface area contributed by atoms with Crippen LogP contribution < -0.4 is 0 Å². The van der Waals surface area contributed by atoms with Crippen molar-refractivity contribution in [1.82, 2.24) is 0 Å². The maximum atomic E-state index is 5.24. The Labute approximate surface area is 102 Å². The van der Waals surface area contributed by atoms with Crippen LogP contribution in [0.15, 0.2) is 0 Å². The molecule has 0 rings (SSSR count). The van der Waals surface area contributed by atoms with Gasteiger partial charge in [-0.05, 0) is 13.0 Å². The van der Waals surface area contributed by atoms with E-state index in [1.54, 1.807) is 6.82 Å². The minimum atomic E-state index is -0.819. The summed E-state index contributed by atoms with van der Waals surface area (Å²) in [6, 6.07) is 1.29. The molecule has 1 nitrogen and oxygen atoms in total. The molecule has 5 heteroatoms. The van der Waals surface area contributed by atoms with Gasteiger partial charge < -0.3 is 4.74 Å². The lowest BCUT2D eigenvalue weighted by Gasteiger charge is -2.14. The van der Waals surface area contributed by atoms with Crippen molar-refractivity contribution in [1.29, 1.82) is 0 Å². The maximum absolute atomic E-state index is 5.24. The van der Waals surface area contributed by atoms with Crippen molar-refractivity contribution < 1.29 is 4.74 Å². The van der Waals surface area contributed by atoms with Crippen LogP contribution in [0.25, 0.3) is 0 Å². The smallest absolute Gasteiger partial charge is 0.0466 e. The average molecular weight is 224 g/mol. The van der Waals surface area contributed by atoms with Gasteiger partial charge in [0.15, 0.2) is 0 Å². The van der Waals surface area contributed by atoms with Gasteiger partial charge in [0.25, 0.3) is 0 Å². The Balaban J connectivity index is -0.000000202. The van der Waals surface area contributed by atoms with E-state index in [2.05, 4.69) is 19.6 Å². The van der Waals surface area contributed by atoms with Crippen LogP contribution in [0.3, 0.4) is 0 Å². The van der Waals surface area contributed by atoms with E-state index in [0.29, 0.717) is 0 Å². The molecule has 0 amide bonds. The van der Waals surface area contributed by atoms with Crippen LogP contribution in [0.5, 0.6) is 0 Å². The van der Waals surface area contributed by atoms with Crippen LogP contribution in [-0.4, -0.2) is 43.3 Å². The molecule has 0 unspecified atom stereocenters. The fourth-order valence-corrected chi connectivity index (χ4v) is 1.28. The molecule has 4 radical (unpaired) electrons. The first-order chi connectivity index (χ1) is 6.79. The molecule has 0 fully saturated rings. The van der Waals surface area contributed by atoms with Gasteiger partial charge in [-0.2, -0.15) is 0 Å². The Bertz CT molecular complexity index is 103. The molecule has 0 aliphatic carbocycles. The molecule has 0 saturated heterocycles. The highest BCUT2D eigenvalue weighted by Crippen LogP contribution is 2.06. The molecular weight excluding hydrogens is 197 g/mol. The Morgan fingerprint density at radius 3 is 1.67 bits per heavy atom. The fraction of sp³-hybridized carbons (Fsp3) is 1.00. The molecule has 86 valence electrons. The molecule has 0 spiro atoms. The summed E-state index contributed by atoms with van der Waals surface area (Å²) in [6.07, 6.45) is 0. The van der Waals surface area contributed by atoms with Gasteiger partial charge in [0.2, 0.25) is 0 Å². The zero-order valence-corrected chi connectivity index (χ0v) is 12.8. The zero-order chi connectivity index (χ0) is 12.9. The molecule has 0 atom stereocenters. The summed E-state index contributed by atoms with van der Waals surface area (Å²) in [5.74, 6) is 0. The summed E-state index contributed by atoms with van der Waals surface area (Å²) in [6.45, 7) is 16.5. The van der Waals surface area contributed by atoms with Crippen molar-refractivity contribution in [3.63, 3.8) is 0 Å². The second-order valence-corrected chi connectivity index (χ2v) is 9.99. The highest BCUT2D eigenvalue weighted by Gasteiger charge is 2.11. The predicted octanol–water partition coefficient (Wildman–Crippen LogP) is 2.83. The van der Waals surface area contributed by atoms with Crippen LogP contribution in [0.1, 0.15) is 20.8 Å². The highest BCUT2D eigenvalue weighted by molar-refractivity contribution is 7.28. The standard InChI is InChI=1S/C7H18OSi.C2H6.CH3B3/c1-5-8-6-7-9(2,3)4;1-2;1-4(2)3/h5-7H2,1-4H3;1-2H3;1H3. The van der Waals surface area contributed by atoms with Crippen LogP contribution in [0.2, 0.25) is 32.5 Å². The van der Waals surface area contributed by atoms with Gasteiger partial charge >= 0.3 is 0 Å². The quantitative estimate of drug-likeness (QED) is 0.526. The fourth-order valence-electron chi connectivity index (χ4n) is 0.523. The average Bonchev–Trinajstić information content (AvgIpc) is 2.05. The summed E-state index contributed by atoms with van der Waals surface area (Å²) in [5, 5.41) is 0. The number of hydrogen-bond acceptors (Lipinski definition) is 1. The second kappa shape index (κ2) is 14.4. The molecule has 0 aromatic rings. The van der Waals surface area contributed by atoms with Gasteiger partial charge in [0.05, 0.1) is 0 Å². The van der Waals surface area contributed by atoms with E-state index >= 15 is 0 Å². The monoisotopic (exact) mass is 224 g/mol. The molecule has 0 saturated carbocycles. The van der Waals surface area contributed by atoms with Crippen molar-refractivity contribution in [3.8, 4) is 0 Å². The number of rotatable bonds is 4. The summed E-state index contributed by atoms with van der Waals surface area (Å²) >= 11 is 0. The summed E-state index contributed by atoms with van der Waals surface area (Å²) in [7, 11) is 8.96. The van der Waals surface area contributed by atoms with Crippen molar-refractivity contribution in [2.45, 2.75) is 53.3 Å². The lowest BCUT2D eigenvalue weighted by molar-refractivity contribution is 0.161. The van der Waals surface area contributed by atoms with Crippen LogP contribution in [-0.2, 0) is 4.74 Å². The van der Waals surface area contributed by atoms with E-state index in [1.807, 2.05) is 20.8 Å². The third-order valence-corrected chi connectivity index (χ3v) is 2.90. The van der Waals surface area contributed by atoms with Crippen molar-refractivity contribution >= 4 is 30.0 Å². The first-order valence-corrected chi connectivity index (χ1v) is 9.59. The van der Waals surface area contributed by atoms with E-state index < -0.39 is 8.07 Å². The second-order valence-electron chi connectivity index (χ2n) is 4.37. The molecule has 0 aliphatic heterocycles. The minimum absolute atomic E-state index is 0.167. The largest absolute Gasteiger partial charge is 0.382 e. The highest BCUT2D eigenvalue weighted by atomic mass is 28.3. The maximum Gasteiger partial charge on any atom is 0.0466 e. The first-order valence-electron chi connectivity index (χ1n) is 5.88. The van der Waals surface area contributed by atoms with Gasteiger partial charge in [-0.15, -0.1) is 6.82 Å². The summed E-state index contributed by atoms with van der Waals surface area (Å²) in [5.41, 5.74) is 0. The van der Waals surface area contributed by atoms with E-state index in [9.17, 15) is 0 Å². The zero-order valence-electron chi connectivity index (χ0n) is 11.8. The third kappa shape index (κ3) is 54.2. The Morgan fingerprint density at radius 1 is 1.13 bits per heavy atom. The van der Waals surface area contributed by atoms with E-state index in [-0.39, 0.29) is 6.49 Å². The Morgan fingerprint density at radius 2 is 1.47 bits per heavy atom. The molecule has 0 bridgehead atoms. The van der Waals surface area contributed by atoms with Gasteiger partial charge in [-0.25, -0.2) is 0 Å². The van der Waals surface area contributed by atoms with E-state index in [4.69, 9.17) is 20.2 Å². The molecule has 15 heavy (non-hydrogen) atoms. The molecule has 0 heterocycles. The molecule has 0 aromatic heterocycles. The number of ether oxygens (including phenoxy) is 1. The van der Waals surface area contributed by atoms with Crippen molar-refractivity contribution in [3.05, 3.63) is 0 Å². The van der Waals surface area contributed by atoms with Crippen molar-refractivity contribution in [2.24, 2.45) is 0 Å². The third-order valence-electron chi connectivity index (χ3n) is 1.20. The van der Waals surface area contributed by atoms with Crippen LogP contribution >= 0.6 is 0 Å². The first kappa shape index (κ1) is 20.7. The predicted molar refractivity (Wildman–Crippen MR) is 79.1 cm³/mol. The van der Waals surface area contributed by atoms with Gasteiger partial charge in [0, 0.05) is 43.3 Å². The summed E-state index contributed by atoms with van der Waals surface area (Å²) in [4.78, 5) is 0. The lowest BCUT2D eigenvalue weighted by Crippen LogP contribution is -2.21.